The summed E-state index contributed by atoms with van der Waals surface area (Å²) in [5, 5.41) is 5.99. The Kier molecular flexibility index (Phi) is 3.45. The van der Waals surface area contributed by atoms with Crippen molar-refractivity contribution >= 4 is 17.8 Å². The summed E-state index contributed by atoms with van der Waals surface area (Å²) in [6.07, 6.45) is -4.53. The minimum absolute atomic E-state index is 0.137. The number of alkyl halides is 3. The quantitative estimate of drug-likeness (QED) is 0.864. The van der Waals surface area contributed by atoms with Crippen molar-refractivity contribution in [1.82, 2.24) is 15.1 Å². The summed E-state index contributed by atoms with van der Waals surface area (Å²) in [6, 6.07) is -1.18. The van der Waals surface area contributed by atoms with E-state index >= 15 is 0 Å². The highest BCUT2D eigenvalue weighted by atomic mass is 19.4. The van der Waals surface area contributed by atoms with Gasteiger partial charge in [-0.05, 0) is 13.8 Å². The number of imide groups is 1. The van der Waals surface area contributed by atoms with Crippen LogP contribution in [0, 0.1) is 0 Å². The van der Waals surface area contributed by atoms with Crippen LogP contribution in [0.15, 0.2) is 12.3 Å². The van der Waals surface area contributed by atoms with Crippen LogP contribution in [0.4, 0.5) is 23.8 Å². The van der Waals surface area contributed by atoms with Crippen molar-refractivity contribution in [2.45, 2.75) is 38.5 Å². The van der Waals surface area contributed by atoms with Crippen molar-refractivity contribution in [2.24, 2.45) is 0 Å². The molecule has 0 unspecified atom stereocenters. The van der Waals surface area contributed by atoms with Crippen LogP contribution < -0.4 is 10.2 Å². The van der Waals surface area contributed by atoms with Gasteiger partial charge in [-0.25, -0.2) is 14.4 Å². The molecule has 0 saturated carbocycles. The molecule has 0 aliphatic carbocycles. The summed E-state index contributed by atoms with van der Waals surface area (Å²) in [5.74, 6) is -0.762. The topological polar surface area (TPSA) is 67.2 Å². The molecule has 3 amide bonds. The zero-order valence-corrected chi connectivity index (χ0v) is 10.8. The number of aromatic nitrogens is 2. The summed E-state index contributed by atoms with van der Waals surface area (Å²) < 4.78 is 38.4. The van der Waals surface area contributed by atoms with Gasteiger partial charge in [-0.3, -0.25) is 4.79 Å². The van der Waals surface area contributed by atoms with Gasteiger partial charge >= 0.3 is 12.2 Å². The van der Waals surface area contributed by atoms with E-state index in [0.717, 1.165) is 0 Å². The average molecular weight is 290 g/mol. The number of nitrogens with one attached hydrogen (secondary N) is 1. The number of nitrogens with zero attached hydrogens (tertiary/aromatic N) is 3. The molecule has 9 heteroatoms. The Labute approximate surface area is 112 Å². The number of amides is 3. The van der Waals surface area contributed by atoms with E-state index in [4.69, 9.17) is 0 Å². The van der Waals surface area contributed by atoms with Crippen molar-refractivity contribution in [1.29, 1.82) is 0 Å². The molecule has 6 nitrogen and oxygen atoms in total. The maximum Gasteiger partial charge on any atom is 0.391 e. The fourth-order valence-corrected chi connectivity index (χ4v) is 2.00. The van der Waals surface area contributed by atoms with Crippen LogP contribution in [0.5, 0.6) is 0 Å². The molecule has 1 aliphatic rings. The molecule has 0 spiro atoms. The largest absolute Gasteiger partial charge is 0.391 e. The predicted molar refractivity (Wildman–Crippen MR) is 63.1 cm³/mol. The van der Waals surface area contributed by atoms with E-state index in [1.165, 1.54) is 16.9 Å². The van der Waals surface area contributed by atoms with E-state index in [0.29, 0.717) is 4.90 Å². The van der Waals surface area contributed by atoms with E-state index in [1.54, 1.807) is 13.8 Å². The second-order valence-electron chi connectivity index (χ2n) is 4.72. The summed E-state index contributed by atoms with van der Waals surface area (Å²) >= 11 is 0. The first-order chi connectivity index (χ1) is 9.20. The van der Waals surface area contributed by atoms with Crippen LogP contribution in [-0.2, 0) is 4.79 Å². The Balaban J connectivity index is 2.27. The number of urea groups is 1. The molecule has 1 saturated heterocycles. The number of carbonyl (C=O) groups is 2. The van der Waals surface area contributed by atoms with E-state index < -0.39 is 30.6 Å². The Morgan fingerprint density at radius 3 is 2.60 bits per heavy atom. The molecule has 2 heterocycles. The van der Waals surface area contributed by atoms with E-state index in [9.17, 15) is 22.8 Å². The molecule has 2 rings (SSSR count). The maximum absolute atomic E-state index is 12.3. The van der Waals surface area contributed by atoms with Crippen molar-refractivity contribution in [3.8, 4) is 0 Å². The predicted octanol–water partition coefficient (Wildman–Crippen LogP) is 1.84. The van der Waals surface area contributed by atoms with Crippen LogP contribution in [-0.4, -0.2) is 33.9 Å². The minimum Gasteiger partial charge on any atom is -0.325 e. The molecule has 1 aromatic rings. The van der Waals surface area contributed by atoms with Crippen LogP contribution in [0.3, 0.4) is 0 Å². The van der Waals surface area contributed by atoms with Gasteiger partial charge < -0.3 is 5.32 Å². The van der Waals surface area contributed by atoms with Gasteiger partial charge in [-0.2, -0.15) is 18.3 Å². The second-order valence-corrected chi connectivity index (χ2v) is 4.72. The zero-order valence-electron chi connectivity index (χ0n) is 10.8. The molecule has 20 heavy (non-hydrogen) atoms. The second kappa shape index (κ2) is 4.80. The fourth-order valence-electron chi connectivity index (χ4n) is 2.00. The fraction of sp³-hybridized carbons (Fsp3) is 0.545. The molecule has 0 aromatic carbocycles. The molecule has 110 valence electrons. The van der Waals surface area contributed by atoms with Gasteiger partial charge in [0.05, 0.1) is 12.6 Å². The van der Waals surface area contributed by atoms with Crippen LogP contribution in [0.2, 0.25) is 0 Å². The summed E-state index contributed by atoms with van der Waals surface area (Å²) in [5.41, 5.74) is 0. The zero-order chi connectivity index (χ0) is 15.1. The van der Waals surface area contributed by atoms with Crippen LogP contribution >= 0.6 is 0 Å². The van der Waals surface area contributed by atoms with Crippen LogP contribution in [0.1, 0.15) is 26.3 Å². The lowest BCUT2D eigenvalue weighted by Crippen LogP contribution is -2.35. The third kappa shape index (κ3) is 2.61. The number of hydrogen-bond donors (Lipinski definition) is 1. The maximum atomic E-state index is 12.3. The molecule has 0 radical (unpaired) electrons. The van der Waals surface area contributed by atoms with Crippen molar-refractivity contribution in [3.63, 3.8) is 0 Å². The average Bonchev–Trinajstić information content (AvgIpc) is 2.83. The number of rotatable bonds is 3. The summed E-state index contributed by atoms with van der Waals surface area (Å²) in [6.45, 7) is 3.56. The highest BCUT2D eigenvalue weighted by molar-refractivity contribution is 6.20. The van der Waals surface area contributed by atoms with E-state index in [1.807, 2.05) is 5.32 Å². The minimum atomic E-state index is -4.53. The van der Waals surface area contributed by atoms with Gasteiger partial charge in [-0.1, -0.05) is 0 Å². The molecule has 1 aliphatic heterocycles. The first-order valence-electron chi connectivity index (χ1n) is 5.95. The Bertz CT molecular complexity index is 538. The number of anilines is 1. The molecule has 0 bridgehead atoms. The van der Waals surface area contributed by atoms with Gasteiger partial charge in [0.1, 0.15) is 11.9 Å². The van der Waals surface area contributed by atoms with Gasteiger partial charge in [0.15, 0.2) is 0 Å². The summed E-state index contributed by atoms with van der Waals surface area (Å²) in [4.78, 5) is 24.4. The SMILES string of the molecule is CC(C)n1nccc1N1C(=O)N[C@@H](CC(F)(F)F)C1=O. The molecule has 1 atom stereocenters. The third-order valence-corrected chi connectivity index (χ3v) is 2.82. The number of hydrogen-bond acceptors (Lipinski definition) is 3. The first-order valence-corrected chi connectivity index (χ1v) is 5.95. The lowest BCUT2D eigenvalue weighted by molar-refractivity contribution is -0.145. The molecular weight excluding hydrogens is 277 g/mol. The van der Waals surface area contributed by atoms with Gasteiger partial charge in [0.2, 0.25) is 0 Å². The van der Waals surface area contributed by atoms with Crippen molar-refractivity contribution in [2.75, 3.05) is 4.90 Å². The Hall–Kier alpha value is -2.06. The number of carbonyl (C=O) groups excluding carboxylic acids is 2. The monoisotopic (exact) mass is 290 g/mol. The van der Waals surface area contributed by atoms with Crippen LogP contribution in [0.25, 0.3) is 0 Å². The van der Waals surface area contributed by atoms with Gasteiger partial charge in [-0.15, -0.1) is 0 Å². The Morgan fingerprint density at radius 1 is 1.40 bits per heavy atom. The highest BCUT2D eigenvalue weighted by Crippen LogP contribution is 2.28. The smallest absolute Gasteiger partial charge is 0.325 e. The lowest BCUT2D eigenvalue weighted by atomic mass is 10.2. The molecular formula is C11H13F3N4O2. The normalized spacial score (nSPS) is 19.9. The van der Waals surface area contributed by atoms with E-state index in [-0.39, 0.29) is 11.9 Å². The summed E-state index contributed by atoms with van der Waals surface area (Å²) in [7, 11) is 0. The molecule has 1 fully saturated rings. The van der Waals surface area contributed by atoms with Gasteiger partial charge in [0.25, 0.3) is 5.91 Å². The van der Waals surface area contributed by atoms with E-state index in [2.05, 4.69) is 5.10 Å². The van der Waals surface area contributed by atoms with Crippen molar-refractivity contribution in [3.05, 3.63) is 12.3 Å². The number of halogens is 3. The Morgan fingerprint density at radius 2 is 2.05 bits per heavy atom. The first kappa shape index (κ1) is 14.4. The molecule has 1 N–H and O–H groups in total. The standard InChI is InChI=1S/C11H13F3N4O2/c1-6(2)18-8(3-4-15-18)17-9(19)7(16-10(17)20)5-11(12,13)14/h3-4,6-7H,5H2,1-2H3,(H,16,20)/t7-/m0/s1. The highest BCUT2D eigenvalue weighted by Gasteiger charge is 2.46. The lowest BCUT2D eigenvalue weighted by Gasteiger charge is -2.17. The third-order valence-electron chi connectivity index (χ3n) is 2.82. The molecule has 1 aromatic heterocycles. The van der Waals surface area contributed by atoms with Gasteiger partial charge in [0, 0.05) is 12.1 Å². The van der Waals surface area contributed by atoms with Crippen molar-refractivity contribution < 1.29 is 22.8 Å².